The summed E-state index contributed by atoms with van der Waals surface area (Å²) in [6, 6.07) is 4.76. The smallest absolute Gasteiger partial charge is 0.414 e. The summed E-state index contributed by atoms with van der Waals surface area (Å²) in [6.07, 6.45) is 5.30. The third-order valence-electron chi connectivity index (χ3n) is 9.32. The van der Waals surface area contributed by atoms with Gasteiger partial charge >= 0.3 is 12.1 Å². The fourth-order valence-electron chi connectivity index (χ4n) is 6.95. The summed E-state index contributed by atoms with van der Waals surface area (Å²) in [7, 11) is 0. The maximum absolute atomic E-state index is 15.9. The maximum Gasteiger partial charge on any atom is 0.414 e. The van der Waals surface area contributed by atoms with Crippen molar-refractivity contribution < 1.29 is 42.4 Å². The molecule has 3 fully saturated rings. The van der Waals surface area contributed by atoms with Crippen molar-refractivity contribution >= 4 is 34.3 Å². The minimum absolute atomic E-state index is 0.00882. The quantitative estimate of drug-likeness (QED) is 0.260. The molecule has 3 aliphatic heterocycles. The molecule has 256 valence electrons. The molecule has 14 nitrogen and oxygen atoms in total. The van der Waals surface area contributed by atoms with Crippen LogP contribution in [0.2, 0.25) is 0 Å². The summed E-state index contributed by atoms with van der Waals surface area (Å²) in [4.78, 5) is 41.5. The van der Waals surface area contributed by atoms with Crippen LogP contribution in [-0.2, 0) is 16.0 Å². The summed E-state index contributed by atoms with van der Waals surface area (Å²) in [5, 5.41) is 19.2. The van der Waals surface area contributed by atoms with Gasteiger partial charge in [0.2, 0.25) is 5.43 Å². The highest BCUT2D eigenvalue weighted by atomic mass is 19.1. The number of rotatable bonds is 9. The second-order valence-electron chi connectivity index (χ2n) is 12.8. The number of benzene rings is 2. The Hall–Kier alpha value is -5.25. The first-order valence-corrected chi connectivity index (χ1v) is 16.1. The zero-order valence-corrected chi connectivity index (χ0v) is 26.4. The number of esters is 1. The van der Waals surface area contributed by atoms with Gasteiger partial charge in [-0.1, -0.05) is 5.21 Å². The van der Waals surface area contributed by atoms with E-state index < -0.39 is 46.9 Å². The summed E-state index contributed by atoms with van der Waals surface area (Å²) < 4.78 is 56.8. The first-order chi connectivity index (χ1) is 23.6. The topological polar surface area (TPSA) is 150 Å². The van der Waals surface area contributed by atoms with Crippen LogP contribution in [0.3, 0.4) is 0 Å². The van der Waals surface area contributed by atoms with Crippen LogP contribution in [0, 0.1) is 11.6 Å². The Kier molecular flexibility index (Phi) is 7.42. The van der Waals surface area contributed by atoms with E-state index in [1.807, 2.05) is 0 Å². The number of ether oxygens (including phenoxy) is 4. The Morgan fingerprint density at radius 2 is 2.00 bits per heavy atom. The standard InChI is InChI=1S/C33H32F2N6O8/c1-2-46-31(43)23-14-39(18-3-4-18)27-22(29(23)42)10-25(35)28-30(27)47-15-20-11-33(45,16-41(20)28)17-48-26-6-5-19(9-24(26)34)40-13-21(49-32(40)44)12-38-8-7-36-37-38/h5-10,14,18,20-21,45H,2-4,11-13,15-17H2,1H3/t20-,21-,33-/m0/s1. The number of hydrogen-bond donors (Lipinski definition) is 1. The third kappa shape index (κ3) is 5.49. The second-order valence-corrected chi connectivity index (χ2v) is 12.8. The van der Waals surface area contributed by atoms with Crippen molar-refractivity contribution in [3.8, 4) is 11.5 Å². The molecule has 5 heterocycles. The number of nitrogens with zero attached hydrogens (tertiary/aromatic N) is 6. The average Bonchev–Trinajstić information content (AvgIpc) is 3.49. The van der Waals surface area contributed by atoms with Gasteiger partial charge in [-0.15, -0.1) is 5.10 Å². The van der Waals surface area contributed by atoms with Crippen molar-refractivity contribution in [3.63, 3.8) is 0 Å². The number of hydrogen-bond acceptors (Lipinski definition) is 11. The van der Waals surface area contributed by atoms with Gasteiger partial charge in [0, 0.05) is 30.9 Å². The van der Waals surface area contributed by atoms with Gasteiger partial charge in [0.05, 0.1) is 55.1 Å². The molecule has 1 N–H and O–H groups in total. The van der Waals surface area contributed by atoms with Gasteiger partial charge in [-0.3, -0.25) is 9.69 Å². The van der Waals surface area contributed by atoms with Crippen molar-refractivity contribution in [2.45, 2.75) is 56.5 Å². The highest BCUT2D eigenvalue weighted by molar-refractivity contribution is 5.98. The molecule has 3 atom stereocenters. The molecule has 0 radical (unpaired) electrons. The lowest BCUT2D eigenvalue weighted by Crippen LogP contribution is -2.41. The molecule has 16 heteroatoms. The minimum atomic E-state index is -1.50. The third-order valence-corrected chi connectivity index (χ3v) is 9.32. The predicted octanol–water partition coefficient (Wildman–Crippen LogP) is 3.19. The number of cyclic esters (lactones) is 1. The molecule has 49 heavy (non-hydrogen) atoms. The van der Waals surface area contributed by atoms with Crippen molar-refractivity contribution in [1.29, 1.82) is 0 Å². The molecule has 8 rings (SSSR count). The van der Waals surface area contributed by atoms with Crippen LogP contribution >= 0.6 is 0 Å². The largest absolute Gasteiger partial charge is 0.487 e. The van der Waals surface area contributed by atoms with Crippen molar-refractivity contribution in [2.75, 3.05) is 42.7 Å². The first kappa shape index (κ1) is 31.0. The molecule has 2 aromatic carbocycles. The molecule has 1 aliphatic carbocycles. The van der Waals surface area contributed by atoms with E-state index in [4.69, 9.17) is 18.9 Å². The van der Waals surface area contributed by atoms with Gasteiger partial charge in [-0.2, -0.15) is 0 Å². The number of anilines is 2. The number of aliphatic hydroxyl groups is 1. The van der Waals surface area contributed by atoms with Gasteiger partial charge < -0.3 is 33.5 Å². The van der Waals surface area contributed by atoms with Gasteiger partial charge in [-0.05, 0) is 38.0 Å². The number of aromatic nitrogens is 4. The SMILES string of the molecule is CCOC(=O)c1cn(C2CC2)c2c3c(c(F)cc2c1=O)N1C[C@](O)(COc2ccc(N4C[C@H](Cn5ccnn5)OC4=O)cc2F)C[C@H]1CO3. The Bertz CT molecular complexity index is 2040. The van der Waals surface area contributed by atoms with E-state index >= 15 is 8.78 Å². The summed E-state index contributed by atoms with van der Waals surface area (Å²) >= 11 is 0. The Morgan fingerprint density at radius 1 is 1.16 bits per heavy atom. The van der Waals surface area contributed by atoms with Crippen LogP contribution in [0.4, 0.5) is 25.0 Å². The van der Waals surface area contributed by atoms with E-state index in [2.05, 4.69) is 10.3 Å². The van der Waals surface area contributed by atoms with E-state index in [9.17, 15) is 19.5 Å². The van der Waals surface area contributed by atoms with E-state index in [-0.39, 0.29) is 79.2 Å². The average molecular weight is 679 g/mol. The van der Waals surface area contributed by atoms with Crippen molar-refractivity contribution in [3.05, 3.63) is 70.3 Å². The molecule has 1 saturated carbocycles. The fourth-order valence-corrected chi connectivity index (χ4v) is 6.95. The van der Waals surface area contributed by atoms with Gasteiger partial charge in [0.1, 0.15) is 36.2 Å². The molecule has 0 bridgehead atoms. The lowest BCUT2D eigenvalue weighted by atomic mass is 10.0. The first-order valence-electron chi connectivity index (χ1n) is 16.1. The highest BCUT2D eigenvalue weighted by Crippen LogP contribution is 2.48. The number of pyridine rings is 1. The van der Waals surface area contributed by atoms with E-state index in [1.165, 1.54) is 34.1 Å². The van der Waals surface area contributed by atoms with Gasteiger partial charge in [-0.25, -0.2) is 23.1 Å². The summed E-state index contributed by atoms with van der Waals surface area (Å²) in [5.74, 6) is -2.21. The zero-order chi connectivity index (χ0) is 34.0. The molecular weight excluding hydrogens is 646 g/mol. The van der Waals surface area contributed by atoms with E-state index in [1.54, 1.807) is 22.6 Å². The van der Waals surface area contributed by atoms with Crippen LogP contribution < -0.4 is 24.7 Å². The second kappa shape index (κ2) is 11.7. The molecule has 0 unspecified atom stereocenters. The Morgan fingerprint density at radius 3 is 2.73 bits per heavy atom. The molecule has 1 amide bonds. The molecular formula is C33H32F2N6O8. The zero-order valence-electron chi connectivity index (χ0n) is 26.4. The minimum Gasteiger partial charge on any atom is -0.487 e. The van der Waals surface area contributed by atoms with Gasteiger partial charge in [0.15, 0.2) is 23.1 Å². The van der Waals surface area contributed by atoms with Crippen LogP contribution in [-0.4, -0.2) is 87.4 Å². The number of carbonyl (C=O) groups is 2. The van der Waals surface area contributed by atoms with Crippen molar-refractivity contribution in [2.24, 2.45) is 0 Å². The number of halogens is 2. The highest BCUT2D eigenvalue weighted by Gasteiger charge is 2.48. The van der Waals surface area contributed by atoms with Crippen LogP contribution in [0.25, 0.3) is 10.9 Å². The molecule has 0 spiro atoms. The predicted molar refractivity (Wildman–Crippen MR) is 168 cm³/mol. The van der Waals surface area contributed by atoms with Crippen LogP contribution in [0.15, 0.2) is 47.7 Å². The maximum atomic E-state index is 15.9. The molecule has 4 aliphatic rings. The number of fused-ring (bicyclic) bond motifs is 5. The number of carbonyl (C=O) groups excluding carboxylic acids is 2. The Labute approximate surface area is 277 Å². The lowest BCUT2D eigenvalue weighted by molar-refractivity contribution is 0.00980. The van der Waals surface area contributed by atoms with Crippen molar-refractivity contribution in [1.82, 2.24) is 19.6 Å². The Balaban J connectivity index is 1.01. The molecule has 2 saturated heterocycles. The van der Waals surface area contributed by atoms with Crippen LogP contribution in [0.1, 0.15) is 42.6 Å². The van der Waals surface area contributed by atoms with Crippen LogP contribution in [0.5, 0.6) is 11.5 Å². The molecule has 4 aromatic rings. The number of amides is 1. The van der Waals surface area contributed by atoms with E-state index in [0.717, 1.165) is 25.0 Å². The molecule has 2 aromatic heterocycles. The lowest BCUT2D eigenvalue weighted by Gasteiger charge is -2.34. The monoisotopic (exact) mass is 678 g/mol. The fraction of sp³-hybridized carbons (Fsp3) is 0.424. The summed E-state index contributed by atoms with van der Waals surface area (Å²) in [5.41, 5.74) is -1.55. The summed E-state index contributed by atoms with van der Waals surface area (Å²) in [6.45, 7) is 1.96. The van der Waals surface area contributed by atoms with E-state index in [0.29, 0.717) is 12.1 Å². The van der Waals surface area contributed by atoms with Gasteiger partial charge in [0.25, 0.3) is 0 Å². The normalized spacial score (nSPS) is 22.9.